The number of rotatable bonds is 10. The third-order valence-electron chi connectivity index (χ3n) is 4.03. The summed E-state index contributed by atoms with van der Waals surface area (Å²) in [5.41, 5.74) is 3.55. The van der Waals surface area contributed by atoms with Crippen LogP contribution in [-0.2, 0) is 11.2 Å². The third kappa shape index (κ3) is 6.67. The molecule has 2 rings (SSSR count). The molecule has 0 amide bonds. The summed E-state index contributed by atoms with van der Waals surface area (Å²) in [5.74, 6) is 0.116. The first-order valence-electron chi connectivity index (χ1n) is 8.65. The molecule has 0 saturated heterocycles. The molecule has 0 aliphatic heterocycles. The maximum atomic E-state index is 12.4. The van der Waals surface area contributed by atoms with Crippen LogP contribution in [0.4, 0.5) is 0 Å². The van der Waals surface area contributed by atoms with Gasteiger partial charge < -0.3 is 30.7 Å². The molecule has 0 aliphatic carbocycles. The maximum absolute atomic E-state index is 12.4. The summed E-state index contributed by atoms with van der Waals surface area (Å²) in [4.78, 5) is 12.4. The normalized spacial score (nSPS) is 10.1. The number of nitrogens with one attached hydrogen (secondary N) is 1. The van der Waals surface area contributed by atoms with Crippen LogP contribution in [0, 0.1) is 5.41 Å². The van der Waals surface area contributed by atoms with Gasteiger partial charge >= 0.3 is 0 Å². The van der Waals surface area contributed by atoms with Crippen molar-refractivity contribution >= 4 is 11.7 Å². The summed E-state index contributed by atoms with van der Waals surface area (Å²) < 4.78 is 7.19. The minimum atomic E-state index is 0.0371. The molecule has 5 heteroatoms. The first-order chi connectivity index (χ1) is 13.0. The number of hydrogen-bond donors (Lipinski definition) is 1. The van der Waals surface area contributed by atoms with Crippen LogP contribution in [0.5, 0.6) is 0 Å². The molecule has 0 bridgehead atoms. The summed E-state index contributed by atoms with van der Waals surface area (Å²) in [7, 11) is 0. The quantitative estimate of drug-likeness (QED) is 0.186. The smallest absolute Gasteiger partial charge is 0.205 e. The molecule has 0 fully saturated rings. The van der Waals surface area contributed by atoms with Crippen LogP contribution < -0.4 is 22.9 Å². The molecule has 4 nitrogen and oxygen atoms in total. The van der Waals surface area contributed by atoms with Crippen molar-refractivity contribution in [2.75, 3.05) is 13.2 Å². The van der Waals surface area contributed by atoms with E-state index in [2.05, 4.69) is 36.0 Å². The Hall–Kier alpha value is -2.41. The lowest BCUT2D eigenvalue weighted by molar-refractivity contribution is -0.561. The zero-order valence-electron chi connectivity index (χ0n) is 15.2. The molecule has 1 N–H and O–H groups in total. The van der Waals surface area contributed by atoms with Gasteiger partial charge in [0.05, 0.1) is 0 Å². The highest BCUT2D eigenvalue weighted by atomic mass is 127. The second-order valence-electron chi connectivity index (χ2n) is 5.96. The third-order valence-corrected chi connectivity index (χ3v) is 5.19. The number of ketones is 1. The minimum Gasteiger partial charge on any atom is -0.662 e. The minimum absolute atomic E-state index is 0.0371. The topological polar surface area (TPSA) is 53.4 Å². The summed E-state index contributed by atoms with van der Waals surface area (Å²) in [5, 5.41) is 7.38. The van der Waals surface area contributed by atoms with Crippen LogP contribution in [0.15, 0.2) is 79.5 Å². The Labute approximate surface area is 174 Å². The summed E-state index contributed by atoms with van der Waals surface area (Å²) >= 11 is 2.20. The fourth-order valence-corrected chi connectivity index (χ4v) is 2.88. The second kappa shape index (κ2) is 10.7. The van der Waals surface area contributed by atoms with Crippen molar-refractivity contribution in [3.05, 3.63) is 96.2 Å². The standard InChI is InChI=1S/C22H23IN2O2/c1-3-21(24)27-16-15-25(23)17(2)9-10-18-11-13-20(14-12-18)22(26)19-7-5-4-6-8-19/h3-8,11-14,24H,1-2,9-10,15-16H2/q-1. The van der Waals surface area contributed by atoms with Gasteiger partial charge in [0.2, 0.25) is 5.90 Å². The molecule has 0 unspecified atom stereocenters. The molecule has 27 heavy (non-hydrogen) atoms. The molecule has 0 spiro atoms. The van der Waals surface area contributed by atoms with Gasteiger partial charge in [0.25, 0.3) is 0 Å². The molecule has 0 saturated carbocycles. The van der Waals surface area contributed by atoms with E-state index in [1.54, 1.807) is 0 Å². The van der Waals surface area contributed by atoms with E-state index >= 15 is 0 Å². The Morgan fingerprint density at radius 3 is 2.37 bits per heavy atom. The second-order valence-corrected chi connectivity index (χ2v) is 7.13. The van der Waals surface area contributed by atoms with Gasteiger partial charge in [0.15, 0.2) is 5.78 Å². The monoisotopic (exact) mass is 474 g/mol. The van der Waals surface area contributed by atoms with Crippen molar-refractivity contribution in [2.24, 2.45) is 0 Å². The van der Waals surface area contributed by atoms with Crippen molar-refractivity contribution in [1.29, 1.82) is 5.41 Å². The molecule has 141 valence electrons. The van der Waals surface area contributed by atoms with Gasteiger partial charge in [-0.25, -0.2) is 0 Å². The molecule has 0 atom stereocenters. The van der Waals surface area contributed by atoms with E-state index < -0.39 is 0 Å². The van der Waals surface area contributed by atoms with Gasteiger partial charge in [-0.3, -0.25) is 10.2 Å². The predicted octanol–water partition coefficient (Wildman–Crippen LogP) is 1.31. The number of carbonyl (C=O) groups excluding carboxylic acids is 1. The number of benzene rings is 2. The van der Waals surface area contributed by atoms with Crippen molar-refractivity contribution in [2.45, 2.75) is 12.8 Å². The summed E-state index contributed by atoms with van der Waals surface area (Å²) in [6, 6.07) is 17.0. The number of allylic oxidation sites excluding steroid dienone is 1. The Morgan fingerprint density at radius 2 is 1.74 bits per heavy atom. The Balaban J connectivity index is 1.82. The van der Waals surface area contributed by atoms with Gasteiger partial charge in [0.1, 0.15) is 6.61 Å². The number of ether oxygens (including phenoxy) is 1. The number of halogens is 1. The average molecular weight is 474 g/mol. The Kier molecular flexibility index (Phi) is 8.26. The molecule has 2 aromatic rings. The molecule has 0 aromatic heterocycles. The Bertz CT molecular complexity index is 801. The van der Waals surface area contributed by atoms with Crippen LogP contribution >= 0.6 is 0 Å². The largest absolute Gasteiger partial charge is 0.662 e. The number of aryl methyl sites for hydroxylation is 1. The number of hydrogen-bond acceptors (Lipinski definition) is 4. The fourth-order valence-electron chi connectivity index (χ4n) is 2.44. The Morgan fingerprint density at radius 1 is 1.11 bits per heavy atom. The zero-order valence-corrected chi connectivity index (χ0v) is 17.3. The van der Waals surface area contributed by atoms with Gasteiger partial charge in [-0.05, 0) is 30.2 Å². The van der Waals surface area contributed by atoms with Crippen molar-refractivity contribution in [3.63, 3.8) is 0 Å². The maximum Gasteiger partial charge on any atom is 0.205 e. The number of nitrogens with zero attached hydrogens (tertiary/aromatic N) is 1. The predicted molar refractivity (Wildman–Crippen MR) is 104 cm³/mol. The molecular weight excluding hydrogens is 451 g/mol. The molecule has 2 aromatic carbocycles. The lowest BCUT2D eigenvalue weighted by atomic mass is 10.0. The van der Waals surface area contributed by atoms with E-state index in [-0.39, 0.29) is 11.7 Å². The molecule has 0 heterocycles. The lowest BCUT2D eigenvalue weighted by Gasteiger charge is -2.33. The lowest BCUT2D eigenvalue weighted by Crippen LogP contribution is -3.41. The molecule has 1 radical (unpaired) electrons. The summed E-state index contributed by atoms with van der Waals surface area (Å²) in [6.45, 7) is 8.67. The molecule has 0 aliphatic rings. The van der Waals surface area contributed by atoms with E-state index in [4.69, 9.17) is 10.1 Å². The average Bonchev–Trinajstić information content (AvgIpc) is 2.72. The van der Waals surface area contributed by atoms with Crippen LogP contribution in [0.1, 0.15) is 27.9 Å². The zero-order chi connectivity index (χ0) is 19.6. The SMILES string of the molecule is C=CC(=N)OCCN([I-])C(=C)CCc1ccc(C(=O)c2ccccc2)cc1. The van der Waals surface area contributed by atoms with Gasteiger partial charge in [0, 0.05) is 17.7 Å². The van der Waals surface area contributed by atoms with E-state index in [1.165, 1.54) is 6.08 Å². The van der Waals surface area contributed by atoms with Gasteiger partial charge in [-0.1, -0.05) is 67.8 Å². The highest BCUT2D eigenvalue weighted by molar-refractivity contribution is 6.08. The van der Waals surface area contributed by atoms with E-state index in [0.29, 0.717) is 24.3 Å². The van der Waals surface area contributed by atoms with Crippen LogP contribution in [0.25, 0.3) is 0 Å². The first-order valence-corrected chi connectivity index (χ1v) is 9.61. The van der Waals surface area contributed by atoms with E-state index in [1.807, 2.05) is 57.7 Å². The number of carbonyl (C=O) groups is 1. The van der Waals surface area contributed by atoms with Crippen LogP contribution in [0.2, 0.25) is 0 Å². The van der Waals surface area contributed by atoms with Gasteiger partial charge in [-0.15, -0.1) is 0 Å². The highest BCUT2D eigenvalue weighted by Gasteiger charge is 2.08. The van der Waals surface area contributed by atoms with Crippen molar-refractivity contribution in [3.8, 4) is 0 Å². The van der Waals surface area contributed by atoms with Crippen LogP contribution in [-0.4, -0.2) is 27.9 Å². The van der Waals surface area contributed by atoms with Crippen LogP contribution in [0.3, 0.4) is 0 Å². The van der Waals surface area contributed by atoms with Gasteiger partial charge in [-0.2, -0.15) is 0 Å². The van der Waals surface area contributed by atoms with E-state index in [9.17, 15) is 4.79 Å². The van der Waals surface area contributed by atoms with Crippen molar-refractivity contribution < 1.29 is 32.4 Å². The van der Waals surface area contributed by atoms with E-state index in [0.717, 1.165) is 24.1 Å². The molecular formula is C22H23IN2O2-. The first kappa shape index (κ1) is 20.9. The fraction of sp³-hybridized carbons (Fsp3) is 0.182. The highest BCUT2D eigenvalue weighted by Crippen LogP contribution is 2.13. The van der Waals surface area contributed by atoms with Crippen molar-refractivity contribution in [1.82, 2.24) is 3.11 Å². The summed E-state index contributed by atoms with van der Waals surface area (Å²) in [6.07, 6.45) is 3.04.